The summed E-state index contributed by atoms with van der Waals surface area (Å²) in [4.78, 5) is 13.0. The minimum absolute atomic E-state index is 0. The van der Waals surface area contributed by atoms with Crippen LogP contribution in [0.1, 0.15) is 25.1 Å². The van der Waals surface area contributed by atoms with Crippen LogP contribution in [-0.4, -0.2) is 18.5 Å². The largest absolute Gasteiger partial charge is 0.354 e. The summed E-state index contributed by atoms with van der Waals surface area (Å²) in [7, 11) is 0. The van der Waals surface area contributed by atoms with E-state index in [2.05, 4.69) is 40.0 Å². The Morgan fingerprint density at radius 1 is 1.56 bits per heavy atom. The van der Waals surface area contributed by atoms with Gasteiger partial charge in [-0.25, -0.2) is 0 Å². The molecule has 0 aliphatic heterocycles. The van der Waals surface area contributed by atoms with E-state index in [4.69, 9.17) is 5.73 Å². The van der Waals surface area contributed by atoms with E-state index < -0.39 is 0 Å². The van der Waals surface area contributed by atoms with Gasteiger partial charge in [0, 0.05) is 11.4 Å². The average molecular weight is 403 g/mol. The monoisotopic (exact) mass is 402 g/mol. The van der Waals surface area contributed by atoms with Crippen LogP contribution in [0.2, 0.25) is 0 Å². The Kier molecular flexibility index (Phi) is 9.19. The third-order valence-electron chi connectivity index (χ3n) is 2.86. The molecular weight excluding hydrogens is 383 g/mol. The van der Waals surface area contributed by atoms with Crippen LogP contribution < -0.4 is 11.1 Å². The number of hydrogen-bond acceptors (Lipinski definition) is 3. The van der Waals surface area contributed by atoms with Crippen LogP contribution in [-0.2, 0) is 11.2 Å². The van der Waals surface area contributed by atoms with E-state index >= 15 is 0 Å². The van der Waals surface area contributed by atoms with Crippen LogP contribution in [0.15, 0.2) is 12.1 Å². The Labute approximate surface area is 132 Å². The maximum absolute atomic E-state index is 11.7. The molecular formula is C12H20ClIN2OS. The molecule has 1 rings (SSSR count). The number of halogens is 2. The van der Waals surface area contributed by atoms with E-state index in [1.807, 2.05) is 13.8 Å². The molecule has 0 aliphatic rings. The molecule has 3 nitrogen and oxygen atoms in total. The number of carbonyl (C=O) groups excluding carboxylic acids is 1. The van der Waals surface area contributed by atoms with Crippen molar-refractivity contribution >= 4 is 52.2 Å². The van der Waals surface area contributed by atoms with Crippen molar-refractivity contribution < 1.29 is 4.79 Å². The Morgan fingerprint density at radius 3 is 2.72 bits per heavy atom. The van der Waals surface area contributed by atoms with Crippen molar-refractivity contribution in [2.45, 2.75) is 32.7 Å². The first-order chi connectivity index (χ1) is 8.04. The van der Waals surface area contributed by atoms with Crippen molar-refractivity contribution in [2.75, 3.05) is 6.54 Å². The van der Waals surface area contributed by atoms with Crippen LogP contribution in [0, 0.1) is 8.80 Å². The van der Waals surface area contributed by atoms with Gasteiger partial charge >= 0.3 is 0 Å². The lowest BCUT2D eigenvalue weighted by Gasteiger charge is -2.17. The lowest BCUT2D eigenvalue weighted by Crippen LogP contribution is -2.45. The van der Waals surface area contributed by atoms with Crippen LogP contribution in [0.3, 0.4) is 0 Å². The zero-order valence-corrected chi connectivity index (χ0v) is 14.4. The van der Waals surface area contributed by atoms with Crippen LogP contribution in [0.4, 0.5) is 0 Å². The van der Waals surface area contributed by atoms with E-state index in [0.717, 1.165) is 12.8 Å². The number of carbonyl (C=O) groups is 1. The summed E-state index contributed by atoms with van der Waals surface area (Å²) in [6.07, 6.45) is 1.81. The second-order valence-corrected chi connectivity index (χ2v) is 7.22. The Hall–Kier alpha value is 0.150. The molecule has 0 radical (unpaired) electrons. The van der Waals surface area contributed by atoms with Crippen molar-refractivity contribution in [3.63, 3.8) is 0 Å². The second-order valence-electron chi connectivity index (χ2n) is 4.16. The van der Waals surface area contributed by atoms with Gasteiger partial charge in [-0.05, 0) is 47.1 Å². The molecule has 2 unspecified atom stereocenters. The average Bonchev–Trinajstić information content (AvgIpc) is 2.72. The number of amides is 1. The standard InChI is InChI=1S/C12H19IN2OS.ClH/c1-3-8(2)11(14)12(16)15-7-6-9-4-5-10(13)17-9;/h4-5,8,11H,3,6-7,14H2,1-2H3,(H,15,16);1H. The number of nitrogens with one attached hydrogen (secondary N) is 1. The predicted octanol–water partition coefficient (Wildman–Crippen LogP) is 2.81. The van der Waals surface area contributed by atoms with E-state index in [0.29, 0.717) is 6.54 Å². The van der Waals surface area contributed by atoms with Gasteiger partial charge in [0.2, 0.25) is 5.91 Å². The van der Waals surface area contributed by atoms with Crippen LogP contribution in [0.25, 0.3) is 0 Å². The fraction of sp³-hybridized carbons (Fsp3) is 0.583. The van der Waals surface area contributed by atoms with Crippen LogP contribution >= 0.6 is 46.3 Å². The summed E-state index contributed by atoms with van der Waals surface area (Å²) in [5.74, 6) is 0.197. The highest BCUT2D eigenvalue weighted by Crippen LogP contribution is 2.18. The number of hydrogen-bond donors (Lipinski definition) is 2. The summed E-state index contributed by atoms with van der Waals surface area (Å²) in [5.41, 5.74) is 5.84. The van der Waals surface area contributed by atoms with Gasteiger partial charge in [0.1, 0.15) is 0 Å². The van der Waals surface area contributed by atoms with Crippen molar-refractivity contribution in [3.8, 4) is 0 Å². The SMILES string of the molecule is CCC(C)C(N)C(=O)NCCc1ccc(I)s1.Cl. The molecule has 0 saturated heterocycles. The molecule has 0 fully saturated rings. The van der Waals surface area contributed by atoms with Crippen molar-refractivity contribution in [1.29, 1.82) is 0 Å². The fourth-order valence-electron chi connectivity index (χ4n) is 1.43. The van der Waals surface area contributed by atoms with Gasteiger partial charge < -0.3 is 11.1 Å². The van der Waals surface area contributed by atoms with Gasteiger partial charge in [0.05, 0.1) is 8.93 Å². The normalized spacial score (nSPS) is 13.6. The first-order valence-corrected chi connectivity index (χ1v) is 7.71. The molecule has 0 bridgehead atoms. The minimum Gasteiger partial charge on any atom is -0.354 e. The van der Waals surface area contributed by atoms with Crippen molar-refractivity contribution in [1.82, 2.24) is 5.32 Å². The molecule has 1 heterocycles. The molecule has 3 N–H and O–H groups in total. The van der Waals surface area contributed by atoms with Gasteiger partial charge in [-0.15, -0.1) is 23.7 Å². The molecule has 18 heavy (non-hydrogen) atoms. The number of rotatable bonds is 6. The molecule has 2 atom stereocenters. The maximum Gasteiger partial charge on any atom is 0.237 e. The molecule has 0 aliphatic carbocycles. The quantitative estimate of drug-likeness (QED) is 0.719. The summed E-state index contributed by atoms with van der Waals surface area (Å²) in [5, 5.41) is 2.90. The molecule has 1 aromatic heterocycles. The first kappa shape index (κ1) is 18.1. The first-order valence-electron chi connectivity index (χ1n) is 5.82. The third kappa shape index (κ3) is 5.86. The zero-order valence-electron chi connectivity index (χ0n) is 10.6. The number of thiophene rings is 1. The van der Waals surface area contributed by atoms with Crippen molar-refractivity contribution in [2.24, 2.45) is 11.7 Å². The maximum atomic E-state index is 11.7. The van der Waals surface area contributed by atoms with Gasteiger partial charge in [0.15, 0.2) is 0 Å². The highest BCUT2D eigenvalue weighted by Gasteiger charge is 2.18. The summed E-state index contributed by atoms with van der Waals surface area (Å²) >= 11 is 4.06. The molecule has 6 heteroatoms. The second kappa shape index (κ2) is 9.12. The molecule has 1 amide bonds. The predicted molar refractivity (Wildman–Crippen MR) is 88.4 cm³/mol. The van der Waals surface area contributed by atoms with Gasteiger partial charge in [0.25, 0.3) is 0 Å². The van der Waals surface area contributed by atoms with E-state index in [1.165, 1.54) is 7.76 Å². The lowest BCUT2D eigenvalue weighted by molar-refractivity contribution is -0.123. The molecule has 1 aromatic rings. The van der Waals surface area contributed by atoms with E-state index in [-0.39, 0.29) is 30.3 Å². The Morgan fingerprint density at radius 2 is 2.22 bits per heavy atom. The summed E-state index contributed by atoms with van der Waals surface area (Å²) < 4.78 is 1.28. The Balaban J connectivity index is 0.00000289. The third-order valence-corrected chi connectivity index (χ3v) is 4.81. The fourth-order valence-corrected chi connectivity index (χ4v) is 3.18. The number of nitrogens with two attached hydrogens (primary N) is 1. The van der Waals surface area contributed by atoms with E-state index in [9.17, 15) is 4.79 Å². The van der Waals surface area contributed by atoms with Gasteiger partial charge in [-0.2, -0.15) is 0 Å². The highest BCUT2D eigenvalue weighted by atomic mass is 127. The summed E-state index contributed by atoms with van der Waals surface area (Å²) in [6, 6.07) is 3.81. The van der Waals surface area contributed by atoms with Gasteiger partial charge in [-0.1, -0.05) is 20.3 Å². The highest BCUT2D eigenvalue weighted by molar-refractivity contribution is 14.1. The molecule has 104 valence electrons. The summed E-state index contributed by atoms with van der Waals surface area (Å²) in [6.45, 7) is 4.72. The van der Waals surface area contributed by atoms with E-state index in [1.54, 1.807) is 11.3 Å². The smallest absolute Gasteiger partial charge is 0.237 e. The van der Waals surface area contributed by atoms with Crippen LogP contribution in [0.5, 0.6) is 0 Å². The molecule has 0 saturated carbocycles. The molecule has 0 aromatic carbocycles. The van der Waals surface area contributed by atoms with Crippen molar-refractivity contribution in [3.05, 3.63) is 19.9 Å². The topological polar surface area (TPSA) is 55.1 Å². The molecule has 0 spiro atoms. The zero-order chi connectivity index (χ0) is 12.8. The minimum atomic E-state index is -0.386. The van der Waals surface area contributed by atoms with Gasteiger partial charge in [-0.3, -0.25) is 4.79 Å². The lowest BCUT2D eigenvalue weighted by atomic mass is 9.99. The Bertz CT molecular complexity index is 373.